The van der Waals surface area contributed by atoms with Crippen LogP contribution in [0, 0.1) is 11.5 Å². The molecule has 0 fully saturated rings. The summed E-state index contributed by atoms with van der Waals surface area (Å²) in [6.45, 7) is 0.391. The lowest BCUT2D eigenvalue weighted by molar-refractivity contribution is 0.475. The zero-order chi connectivity index (χ0) is 14.2. The first-order valence-electron chi connectivity index (χ1n) is 5.92. The molecule has 6 nitrogen and oxygen atoms in total. The molecule has 0 spiro atoms. The Kier molecular flexibility index (Phi) is 4.51. The molecule has 6 heteroatoms. The maximum atomic E-state index is 9.20. The fraction of sp³-hybridized carbons (Fsp3) is 0.0714. The maximum Gasteiger partial charge on any atom is 0.209 e. The summed E-state index contributed by atoms with van der Waals surface area (Å²) < 4.78 is 0. The molecular formula is C14H13N5O. The van der Waals surface area contributed by atoms with Crippen molar-refractivity contribution in [2.24, 2.45) is 4.99 Å². The number of hydrogen-bond donors (Lipinski definition) is 3. The highest BCUT2D eigenvalue weighted by Gasteiger charge is 1.99. The van der Waals surface area contributed by atoms with Crippen molar-refractivity contribution in [3.63, 3.8) is 0 Å². The number of aromatic nitrogens is 1. The van der Waals surface area contributed by atoms with Crippen LogP contribution in [0.4, 0.5) is 5.69 Å². The first-order valence-corrected chi connectivity index (χ1v) is 5.92. The number of nitriles is 1. The Bertz CT molecular complexity index is 616. The van der Waals surface area contributed by atoms with Crippen LogP contribution in [0.15, 0.2) is 53.8 Å². The molecule has 0 aliphatic heterocycles. The highest BCUT2D eigenvalue weighted by Crippen LogP contribution is 2.10. The van der Waals surface area contributed by atoms with Crippen molar-refractivity contribution in [3.8, 4) is 11.9 Å². The van der Waals surface area contributed by atoms with E-state index in [1.165, 1.54) is 0 Å². The smallest absolute Gasteiger partial charge is 0.209 e. The standard InChI is InChI=1S/C14H13N5O/c15-10-18-14(19-12-5-7-16-8-6-12)17-9-11-1-3-13(20)4-2-11/h1-8,20H,9H2,(H2,16,17,18,19). The minimum Gasteiger partial charge on any atom is -0.508 e. The van der Waals surface area contributed by atoms with E-state index in [2.05, 4.69) is 20.6 Å². The molecule has 100 valence electrons. The van der Waals surface area contributed by atoms with Gasteiger partial charge in [0, 0.05) is 18.1 Å². The van der Waals surface area contributed by atoms with Crippen molar-refractivity contribution >= 4 is 11.6 Å². The molecule has 2 rings (SSSR count). The van der Waals surface area contributed by atoms with Crippen molar-refractivity contribution < 1.29 is 5.11 Å². The largest absolute Gasteiger partial charge is 0.508 e. The number of nitrogens with zero attached hydrogens (tertiary/aromatic N) is 3. The SMILES string of the molecule is N#CNC(=NCc1ccc(O)cc1)Nc1ccncc1. The number of nitrogens with one attached hydrogen (secondary N) is 2. The predicted molar refractivity (Wildman–Crippen MR) is 75.9 cm³/mol. The summed E-state index contributed by atoms with van der Waals surface area (Å²) in [5.74, 6) is 0.565. The lowest BCUT2D eigenvalue weighted by Gasteiger charge is -2.07. The minimum absolute atomic E-state index is 0.211. The molecule has 1 aromatic carbocycles. The van der Waals surface area contributed by atoms with Gasteiger partial charge in [-0.2, -0.15) is 5.26 Å². The van der Waals surface area contributed by atoms with Gasteiger partial charge in [0.15, 0.2) is 6.19 Å². The third kappa shape index (κ3) is 3.99. The summed E-state index contributed by atoms with van der Waals surface area (Å²) in [5, 5.41) is 23.4. The zero-order valence-electron chi connectivity index (χ0n) is 10.6. The van der Waals surface area contributed by atoms with Gasteiger partial charge in [0.1, 0.15) is 5.75 Å². The van der Waals surface area contributed by atoms with Crippen LogP contribution in [0.2, 0.25) is 0 Å². The molecule has 2 aromatic rings. The average Bonchev–Trinajstić information content (AvgIpc) is 2.48. The quantitative estimate of drug-likeness (QED) is 0.341. The number of guanidine groups is 1. The van der Waals surface area contributed by atoms with E-state index in [4.69, 9.17) is 5.26 Å². The lowest BCUT2D eigenvalue weighted by Crippen LogP contribution is -2.26. The molecule has 3 N–H and O–H groups in total. The number of phenolic OH excluding ortho intramolecular Hbond substituents is 1. The van der Waals surface area contributed by atoms with Gasteiger partial charge in [-0.25, -0.2) is 4.99 Å². The third-order valence-corrected chi connectivity index (χ3v) is 2.47. The molecule has 0 atom stereocenters. The number of anilines is 1. The summed E-state index contributed by atoms with van der Waals surface area (Å²) in [5.41, 5.74) is 1.71. The molecule has 1 heterocycles. The Hall–Kier alpha value is -3.07. The molecule has 20 heavy (non-hydrogen) atoms. The van der Waals surface area contributed by atoms with E-state index in [0.29, 0.717) is 12.5 Å². The third-order valence-electron chi connectivity index (χ3n) is 2.47. The maximum absolute atomic E-state index is 9.20. The van der Waals surface area contributed by atoms with Gasteiger partial charge in [0.25, 0.3) is 0 Å². The second-order valence-corrected chi connectivity index (χ2v) is 3.93. The van der Waals surface area contributed by atoms with Gasteiger partial charge in [-0.05, 0) is 29.8 Å². The van der Waals surface area contributed by atoms with Crippen LogP contribution >= 0.6 is 0 Å². The minimum atomic E-state index is 0.211. The normalized spacial score (nSPS) is 10.7. The van der Waals surface area contributed by atoms with Gasteiger partial charge in [-0.3, -0.25) is 10.3 Å². The molecule has 0 aliphatic rings. The molecule has 0 radical (unpaired) electrons. The van der Waals surface area contributed by atoms with E-state index in [9.17, 15) is 5.11 Å². The second kappa shape index (κ2) is 6.75. The number of benzene rings is 1. The molecule has 0 aliphatic carbocycles. The first kappa shape index (κ1) is 13.4. The Balaban J connectivity index is 2.06. The number of aromatic hydroxyl groups is 1. The van der Waals surface area contributed by atoms with E-state index in [0.717, 1.165) is 11.3 Å². The predicted octanol–water partition coefficient (Wildman–Crippen LogP) is 1.83. The number of hydrogen-bond acceptors (Lipinski definition) is 4. The molecule has 0 amide bonds. The number of aliphatic imine (C=N–C) groups is 1. The van der Waals surface area contributed by atoms with Crippen LogP contribution in [0.3, 0.4) is 0 Å². The topological polar surface area (TPSA) is 93.3 Å². The Labute approximate surface area is 116 Å². The van der Waals surface area contributed by atoms with Crippen LogP contribution < -0.4 is 10.6 Å². The van der Waals surface area contributed by atoms with Gasteiger partial charge in [-0.15, -0.1) is 0 Å². The van der Waals surface area contributed by atoms with Gasteiger partial charge >= 0.3 is 0 Å². The van der Waals surface area contributed by atoms with Crippen LogP contribution in [-0.2, 0) is 6.54 Å². The lowest BCUT2D eigenvalue weighted by atomic mass is 10.2. The van der Waals surface area contributed by atoms with Crippen molar-refractivity contribution in [1.29, 1.82) is 5.26 Å². The first-order chi connectivity index (χ1) is 9.78. The van der Waals surface area contributed by atoms with Crippen molar-refractivity contribution in [3.05, 3.63) is 54.4 Å². The van der Waals surface area contributed by atoms with E-state index in [1.807, 2.05) is 6.19 Å². The zero-order valence-corrected chi connectivity index (χ0v) is 10.6. The van der Waals surface area contributed by atoms with Crippen molar-refractivity contribution in [2.45, 2.75) is 6.54 Å². The van der Waals surface area contributed by atoms with Gasteiger partial charge < -0.3 is 10.4 Å². The summed E-state index contributed by atoms with van der Waals surface area (Å²) in [6.07, 6.45) is 5.12. The molecule has 0 saturated carbocycles. The van der Waals surface area contributed by atoms with Gasteiger partial charge in [0.05, 0.1) is 6.54 Å². The second-order valence-electron chi connectivity index (χ2n) is 3.93. The summed E-state index contributed by atoms with van der Waals surface area (Å²) in [6, 6.07) is 10.3. The fourth-order valence-electron chi connectivity index (χ4n) is 1.51. The number of rotatable bonds is 3. The molecule has 0 unspecified atom stereocenters. The Morgan fingerprint density at radius 2 is 1.90 bits per heavy atom. The summed E-state index contributed by atoms with van der Waals surface area (Å²) >= 11 is 0. The van der Waals surface area contributed by atoms with Crippen LogP contribution in [0.5, 0.6) is 5.75 Å². The van der Waals surface area contributed by atoms with Crippen molar-refractivity contribution in [1.82, 2.24) is 10.3 Å². The van der Waals surface area contributed by atoms with E-state index in [1.54, 1.807) is 48.8 Å². The Morgan fingerprint density at radius 1 is 1.20 bits per heavy atom. The van der Waals surface area contributed by atoms with E-state index < -0.39 is 0 Å². The Morgan fingerprint density at radius 3 is 2.55 bits per heavy atom. The summed E-state index contributed by atoms with van der Waals surface area (Å²) in [4.78, 5) is 8.19. The molecule has 1 aromatic heterocycles. The fourth-order valence-corrected chi connectivity index (χ4v) is 1.51. The monoisotopic (exact) mass is 267 g/mol. The van der Waals surface area contributed by atoms with Crippen molar-refractivity contribution in [2.75, 3.05) is 5.32 Å². The molecule has 0 bridgehead atoms. The highest BCUT2D eigenvalue weighted by atomic mass is 16.3. The van der Waals surface area contributed by atoms with Crippen LogP contribution in [0.25, 0.3) is 0 Å². The van der Waals surface area contributed by atoms with Crippen LogP contribution in [-0.4, -0.2) is 16.1 Å². The van der Waals surface area contributed by atoms with Gasteiger partial charge in [-0.1, -0.05) is 12.1 Å². The molecule has 0 saturated heterocycles. The number of pyridine rings is 1. The summed E-state index contributed by atoms with van der Waals surface area (Å²) in [7, 11) is 0. The van der Waals surface area contributed by atoms with Gasteiger partial charge in [0.2, 0.25) is 5.96 Å². The number of phenols is 1. The average molecular weight is 267 g/mol. The molecular weight excluding hydrogens is 254 g/mol. The van der Waals surface area contributed by atoms with E-state index >= 15 is 0 Å². The van der Waals surface area contributed by atoms with Crippen LogP contribution in [0.1, 0.15) is 5.56 Å². The highest BCUT2D eigenvalue weighted by molar-refractivity contribution is 5.94. The van der Waals surface area contributed by atoms with E-state index in [-0.39, 0.29) is 5.75 Å².